The van der Waals surface area contributed by atoms with Gasteiger partial charge in [0.25, 0.3) is 5.91 Å². The average molecular weight is 409 g/mol. The van der Waals surface area contributed by atoms with E-state index in [9.17, 15) is 4.79 Å². The van der Waals surface area contributed by atoms with Crippen molar-refractivity contribution in [3.8, 4) is 0 Å². The van der Waals surface area contributed by atoms with Crippen LogP contribution in [0.1, 0.15) is 47.8 Å². The molecule has 8 heteroatoms. The molecule has 2 aliphatic heterocycles. The van der Waals surface area contributed by atoms with Gasteiger partial charge in [0.05, 0.1) is 5.75 Å². The van der Waals surface area contributed by atoms with E-state index in [4.69, 9.17) is 4.52 Å². The first-order valence-corrected chi connectivity index (χ1v) is 10.1. The number of hydrogen-bond acceptors (Lipinski definition) is 6. The lowest BCUT2D eigenvalue weighted by molar-refractivity contribution is 0.0681. The molecule has 0 spiro atoms. The Labute approximate surface area is 169 Å². The zero-order valence-corrected chi connectivity index (χ0v) is 17.2. The highest BCUT2D eigenvalue weighted by Gasteiger charge is 2.36. The van der Waals surface area contributed by atoms with Crippen molar-refractivity contribution in [1.29, 1.82) is 0 Å². The second-order valence-corrected chi connectivity index (χ2v) is 8.28. The predicted molar refractivity (Wildman–Crippen MR) is 107 cm³/mol. The predicted octanol–water partition coefficient (Wildman–Crippen LogP) is 3.45. The van der Waals surface area contributed by atoms with Gasteiger partial charge >= 0.3 is 0 Å². The lowest BCUT2D eigenvalue weighted by Gasteiger charge is -2.35. The molecule has 6 nitrogen and oxygen atoms in total. The third-order valence-corrected chi connectivity index (χ3v) is 6.35. The molecule has 1 amide bonds. The fraction of sp³-hybridized carbons (Fsp3) is 0.526. The van der Waals surface area contributed by atoms with Gasteiger partial charge in [-0.2, -0.15) is 4.98 Å². The van der Waals surface area contributed by atoms with E-state index < -0.39 is 0 Å². The smallest absolute Gasteiger partial charge is 0.253 e. The van der Waals surface area contributed by atoms with Crippen LogP contribution in [0.2, 0.25) is 0 Å². The Morgan fingerprint density at radius 1 is 1.26 bits per heavy atom. The number of aryl methyl sites for hydroxylation is 1. The minimum Gasteiger partial charge on any atom is -0.339 e. The Bertz CT molecular complexity index is 770. The van der Waals surface area contributed by atoms with Crippen molar-refractivity contribution >= 4 is 30.1 Å². The van der Waals surface area contributed by atoms with E-state index in [1.165, 1.54) is 12.8 Å². The van der Waals surface area contributed by atoms with Gasteiger partial charge in [-0.15, -0.1) is 24.2 Å². The number of amides is 1. The number of fused-ring (bicyclic) bond motifs is 2. The number of thioether (sulfide) groups is 1. The third kappa shape index (κ3) is 4.65. The summed E-state index contributed by atoms with van der Waals surface area (Å²) in [5, 5.41) is 7.42. The SMILES string of the molecule is Cc1noc(CSc2ccc(C(=O)N(C)C3CC4CCC(C3)N4)cc2)n1.Cl. The van der Waals surface area contributed by atoms with Crippen molar-refractivity contribution in [1.82, 2.24) is 20.4 Å². The molecule has 0 saturated carbocycles. The Morgan fingerprint density at radius 2 is 1.93 bits per heavy atom. The Kier molecular flexibility index (Phi) is 6.44. The summed E-state index contributed by atoms with van der Waals surface area (Å²) in [4.78, 5) is 20.1. The summed E-state index contributed by atoms with van der Waals surface area (Å²) < 4.78 is 5.12. The van der Waals surface area contributed by atoms with Gasteiger partial charge in [-0.1, -0.05) is 5.16 Å². The summed E-state index contributed by atoms with van der Waals surface area (Å²) in [7, 11) is 1.94. The number of halogens is 1. The van der Waals surface area contributed by atoms with Gasteiger partial charge < -0.3 is 14.7 Å². The number of benzene rings is 1. The van der Waals surface area contributed by atoms with Crippen molar-refractivity contribution in [2.75, 3.05) is 7.05 Å². The highest BCUT2D eigenvalue weighted by molar-refractivity contribution is 7.98. The molecule has 1 aromatic heterocycles. The monoisotopic (exact) mass is 408 g/mol. The van der Waals surface area contributed by atoms with Crippen molar-refractivity contribution in [3.05, 3.63) is 41.5 Å². The second kappa shape index (κ2) is 8.63. The number of piperidine rings is 1. The Morgan fingerprint density at radius 3 is 2.52 bits per heavy atom. The molecule has 2 aromatic rings. The molecular weight excluding hydrogens is 384 g/mol. The fourth-order valence-electron chi connectivity index (χ4n) is 3.95. The first kappa shape index (κ1) is 20.2. The molecule has 2 bridgehead atoms. The average Bonchev–Trinajstić information content (AvgIpc) is 3.23. The van der Waals surface area contributed by atoms with E-state index in [-0.39, 0.29) is 18.3 Å². The summed E-state index contributed by atoms with van der Waals surface area (Å²) in [6.07, 6.45) is 4.62. The maximum Gasteiger partial charge on any atom is 0.253 e. The zero-order chi connectivity index (χ0) is 18.1. The van der Waals surface area contributed by atoms with E-state index >= 15 is 0 Å². The van der Waals surface area contributed by atoms with Crippen LogP contribution in [-0.2, 0) is 5.75 Å². The van der Waals surface area contributed by atoms with Crippen LogP contribution >= 0.6 is 24.2 Å². The lowest BCUT2D eigenvalue weighted by Crippen LogP contribution is -2.48. The van der Waals surface area contributed by atoms with E-state index in [1.54, 1.807) is 11.8 Å². The standard InChI is InChI=1S/C19H24N4O2S.ClH/c1-12-20-18(25-22-12)11-26-17-7-3-13(4-8-17)19(24)23(2)16-9-14-5-6-15(10-16)21-14;/h3-4,7-8,14-16,21H,5-6,9-11H2,1-2H3;1H. The van der Waals surface area contributed by atoms with Crippen LogP contribution in [0.4, 0.5) is 0 Å². The first-order valence-electron chi connectivity index (χ1n) is 9.14. The molecule has 4 rings (SSSR count). The maximum atomic E-state index is 12.8. The van der Waals surface area contributed by atoms with Crippen LogP contribution in [0.3, 0.4) is 0 Å². The van der Waals surface area contributed by atoms with Gasteiger partial charge in [0.1, 0.15) is 0 Å². The number of nitrogens with zero attached hydrogens (tertiary/aromatic N) is 3. The molecule has 2 aliphatic rings. The largest absolute Gasteiger partial charge is 0.339 e. The second-order valence-electron chi connectivity index (χ2n) is 7.23. The summed E-state index contributed by atoms with van der Waals surface area (Å²) >= 11 is 1.62. The molecular formula is C19H25ClN4O2S. The molecule has 146 valence electrons. The van der Waals surface area contributed by atoms with Gasteiger partial charge in [0, 0.05) is 35.6 Å². The van der Waals surface area contributed by atoms with E-state index in [2.05, 4.69) is 15.5 Å². The normalized spacial score (nSPS) is 23.7. The van der Waals surface area contributed by atoms with Gasteiger partial charge in [0.15, 0.2) is 5.82 Å². The summed E-state index contributed by atoms with van der Waals surface area (Å²) in [6, 6.07) is 9.31. The van der Waals surface area contributed by atoms with Gasteiger partial charge in [0.2, 0.25) is 5.89 Å². The molecule has 0 radical (unpaired) electrons. The molecule has 3 heterocycles. The van der Waals surface area contributed by atoms with Crippen LogP contribution < -0.4 is 5.32 Å². The molecule has 27 heavy (non-hydrogen) atoms. The quantitative estimate of drug-likeness (QED) is 0.764. The number of hydrogen-bond donors (Lipinski definition) is 1. The molecule has 2 fully saturated rings. The summed E-state index contributed by atoms with van der Waals surface area (Å²) in [5.41, 5.74) is 0.747. The minimum atomic E-state index is 0. The van der Waals surface area contributed by atoms with E-state index in [0.29, 0.717) is 35.6 Å². The maximum absolute atomic E-state index is 12.8. The number of nitrogens with one attached hydrogen (secondary N) is 1. The highest BCUT2D eigenvalue weighted by Crippen LogP contribution is 2.30. The van der Waals surface area contributed by atoms with Crippen LogP contribution in [0.15, 0.2) is 33.7 Å². The molecule has 2 atom stereocenters. The highest BCUT2D eigenvalue weighted by atomic mass is 35.5. The topological polar surface area (TPSA) is 71.3 Å². The van der Waals surface area contributed by atoms with Crippen molar-refractivity contribution in [2.24, 2.45) is 0 Å². The molecule has 1 aromatic carbocycles. The van der Waals surface area contributed by atoms with E-state index in [1.807, 2.05) is 43.1 Å². The zero-order valence-electron chi connectivity index (χ0n) is 15.6. The van der Waals surface area contributed by atoms with Crippen LogP contribution in [0.5, 0.6) is 0 Å². The Balaban J connectivity index is 0.00000210. The first-order chi connectivity index (χ1) is 12.6. The molecule has 0 aliphatic carbocycles. The Hall–Kier alpha value is -1.57. The third-order valence-electron chi connectivity index (χ3n) is 5.35. The minimum absolute atomic E-state index is 0. The van der Waals surface area contributed by atoms with Gasteiger partial charge in [-0.25, -0.2) is 0 Å². The molecule has 1 N–H and O–H groups in total. The van der Waals surface area contributed by atoms with Crippen molar-refractivity contribution < 1.29 is 9.32 Å². The van der Waals surface area contributed by atoms with Crippen LogP contribution in [0, 0.1) is 6.92 Å². The number of aromatic nitrogens is 2. The summed E-state index contributed by atoms with van der Waals surface area (Å²) in [6.45, 7) is 1.81. The fourth-order valence-corrected chi connectivity index (χ4v) is 4.69. The van der Waals surface area contributed by atoms with Crippen molar-refractivity contribution in [3.63, 3.8) is 0 Å². The number of carbonyl (C=O) groups is 1. The number of carbonyl (C=O) groups excluding carboxylic acids is 1. The van der Waals surface area contributed by atoms with E-state index in [0.717, 1.165) is 23.3 Å². The molecule has 2 unspecified atom stereocenters. The van der Waals surface area contributed by atoms with Gasteiger partial charge in [-0.05, 0) is 56.9 Å². The molecule has 2 saturated heterocycles. The number of rotatable bonds is 5. The van der Waals surface area contributed by atoms with Gasteiger partial charge in [-0.3, -0.25) is 4.79 Å². The summed E-state index contributed by atoms with van der Waals surface area (Å²) in [5.74, 6) is 2.01. The van der Waals surface area contributed by atoms with Crippen molar-refractivity contribution in [2.45, 2.75) is 61.4 Å². The lowest BCUT2D eigenvalue weighted by atomic mass is 9.98. The van der Waals surface area contributed by atoms with Crippen LogP contribution in [-0.4, -0.2) is 46.1 Å². The van der Waals surface area contributed by atoms with Crippen LogP contribution in [0.25, 0.3) is 0 Å².